The Balaban J connectivity index is -0.00000000356. The molecule has 0 nitrogen and oxygen atoms in total. The van der Waals surface area contributed by atoms with Gasteiger partial charge in [0.15, 0.2) is 0 Å². The summed E-state index contributed by atoms with van der Waals surface area (Å²) in [6.45, 7) is 0. The quantitative estimate of drug-likeness (QED) is 0.359. The molecule has 0 rings (SSSR count). The summed E-state index contributed by atoms with van der Waals surface area (Å²) in [5, 5.41) is 0. The van der Waals surface area contributed by atoms with Crippen molar-refractivity contribution >= 4 is 28.2 Å². The molecule has 3 radical (unpaired) electrons. The van der Waals surface area contributed by atoms with E-state index in [0.29, 0.717) is 0 Å². The van der Waals surface area contributed by atoms with Crippen molar-refractivity contribution in [1.82, 2.24) is 0 Å². The highest BCUT2D eigenvalue weighted by Crippen LogP contribution is 0.862. The molecule has 2 unspecified atom stereocenters. The second-order valence-corrected chi connectivity index (χ2v) is 0. The van der Waals surface area contributed by atoms with E-state index in [1.807, 2.05) is 0 Å². The Hall–Kier alpha value is 0.925. The molecule has 0 aliphatic rings. The third-order valence-corrected chi connectivity index (χ3v) is 0. The van der Waals surface area contributed by atoms with E-state index >= 15 is 0 Å². The molecule has 0 spiro atoms. The maximum Gasteiger partial charge on any atom is 0.0511 e. The maximum absolute atomic E-state index is 5.67. The molecule has 4 heavy (non-hydrogen) atoms. The average Bonchev–Trinajstić information content (AvgIpc) is 2.54. The number of rotatable bonds is 0. The molecule has 0 heterocycles. The predicted molar refractivity (Wildman–Crippen MR) is 51.6 cm³/mol. The molecule has 0 aromatic heterocycles. The Morgan fingerprint density at radius 2 is 2.00 bits per heavy atom. The SMILES string of the molecule is C.P.[2HH].[3H]P.[3H][3H].[3H][3H].[3H][3H].[3H][3H].[3H][3H].[3H][3H].[3H][3H].[B]. The Labute approximate surface area is 60.9 Å². The van der Waals surface area contributed by atoms with Crippen LogP contribution in [0.3, 0.4) is 0 Å². The van der Waals surface area contributed by atoms with Crippen molar-refractivity contribution in [1.29, 1.82) is 1.28 Å². The molecule has 0 N–H and O–H groups in total. The van der Waals surface area contributed by atoms with Crippen LogP contribution in [0.5, 0.6) is 0 Å². The fourth-order valence-corrected chi connectivity index (χ4v) is 0. The van der Waals surface area contributed by atoms with Crippen molar-refractivity contribution in [2.45, 2.75) is 7.43 Å². The van der Waals surface area contributed by atoms with Crippen LogP contribution in [0, 0.1) is 0 Å². The van der Waals surface area contributed by atoms with Crippen LogP contribution in [0.25, 0.3) is 0 Å². The van der Waals surface area contributed by atoms with Gasteiger partial charge in [0, 0.05) is 30.6 Å². The highest BCUT2D eigenvalue weighted by atomic mass is 31.0. The number of hydrogen-bond acceptors (Lipinski definition) is 0. The molecule has 0 saturated heterocycles. The Kier molecular flexibility index (Phi) is 9.35. The number of hydrogen-bond donors (Lipinski definition) is 0. The Morgan fingerprint density at radius 1 is 2.00 bits per heavy atom. The first-order valence-electron chi connectivity index (χ1n) is 7.58. The standard InChI is InChI=1S/CH4.B.2H3P.8H2/h1H4;;2*1H3;8*1H/i;;1T;;7*1+2T;1+1. The first kappa shape index (κ1) is 0.952. The van der Waals surface area contributed by atoms with E-state index in [1.54, 1.807) is 9.84 Å². The van der Waals surface area contributed by atoms with Crippen LogP contribution < -0.4 is 0 Å². The summed E-state index contributed by atoms with van der Waals surface area (Å²) in [5.74, 6) is 0. The van der Waals surface area contributed by atoms with Gasteiger partial charge in [-0.3, -0.25) is 0 Å². The second-order valence-electron chi connectivity index (χ2n) is 0. The third-order valence-electron chi connectivity index (χ3n) is 0. The predicted octanol–water partition coefficient (Wildman–Crippen LogP) is 2.34. The highest BCUT2D eigenvalue weighted by Gasteiger charge is 0.0000264. The van der Waals surface area contributed by atoms with Crippen LogP contribution >= 0.6 is 19.7 Å². The van der Waals surface area contributed by atoms with E-state index in [-0.39, 0.29) is 27.2 Å². The van der Waals surface area contributed by atoms with Crippen LogP contribution in [0.2, 0.25) is 0 Å². The molecule has 3 heteroatoms. The summed E-state index contributed by atoms with van der Waals surface area (Å²) in [6.07, 6.45) is 0. The summed E-state index contributed by atoms with van der Waals surface area (Å²) < 4.78 is 75.7. The molecule has 0 aromatic carbocycles. The minimum Gasteiger partial charge on any atom is -0.153 e. The molecular weight excluding hydrogens is 84.8 g/mol. The first-order chi connectivity index (χ1) is 8.00. The topological polar surface area (TPSA) is 0 Å². The largest absolute Gasteiger partial charge is 0.153 e. The maximum atomic E-state index is 5.67. The van der Waals surface area contributed by atoms with Gasteiger partial charge >= 0.3 is 0 Å². The van der Waals surface area contributed by atoms with E-state index in [4.69, 9.17) is 22.1 Å². The van der Waals surface area contributed by atoms with Gasteiger partial charge in [-0.2, -0.15) is 19.7 Å². The van der Waals surface area contributed by atoms with Gasteiger partial charge in [0.25, 0.3) is 0 Å². The molecule has 0 aliphatic heterocycles. The molecule has 0 fully saturated rings. The van der Waals surface area contributed by atoms with E-state index < -0.39 is 0 Å². The van der Waals surface area contributed by atoms with Crippen LogP contribution in [-0.4, -0.2) is 9.69 Å². The summed E-state index contributed by atoms with van der Waals surface area (Å²) in [7, 11) is 1.67. The Bertz CT molecular complexity index is 20.4. The van der Waals surface area contributed by atoms with E-state index in [0.717, 1.165) is 0 Å². The van der Waals surface area contributed by atoms with Crippen molar-refractivity contribution in [3.8, 4) is 0 Å². The fourth-order valence-electron chi connectivity index (χ4n) is 0. The van der Waals surface area contributed by atoms with Crippen LogP contribution in [0.1, 0.15) is 29.6 Å². The van der Waals surface area contributed by atoms with Gasteiger partial charge in [0.2, 0.25) is 0 Å². The monoisotopic (exact) mass is 142 g/mol. The lowest BCUT2D eigenvalue weighted by Gasteiger charge is -0.154. The highest BCUT2D eigenvalue weighted by molar-refractivity contribution is 6.92. The van der Waals surface area contributed by atoms with Crippen molar-refractivity contribution < 1.29 is 22.2 Å². The van der Waals surface area contributed by atoms with Gasteiger partial charge in [-0.05, 0) is 0 Å². The van der Waals surface area contributed by atoms with Crippen molar-refractivity contribution in [2.75, 3.05) is 0 Å². The van der Waals surface area contributed by atoms with Crippen LogP contribution in [0.15, 0.2) is 0 Å². The summed E-state index contributed by atoms with van der Waals surface area (Å²) >= 11 is 0. The molecule has 0 bridgehead atoms. The lowest BCUT2D eigenvalue weighted by molar-refractivity contribution is 2.50. The van der Waals surface area contributed by atoms with Crippen LogP contribution in [0.4, 0.5) is 0 Å². The van der Waals surface area contributed by atoms with Gasteiger partial charge in [-0.25, -0.2) is 0 Å². The fraction of sp³-hybridized carbons (Fsp3) is 1.00. The zero-order valence-corrected chi connectivity index (χ0v) is 4.43. The van der Waals surface area contributed by atoms with Gasteiger partial charge < -0.3 is 0 Å². The van der Waals surface area contributed by atoms with Gasteiger partial charge in [0.05, 0.1) is 1.28 Å². The third kappa shape index (κ3) is 12.7. The lowest BCUT2D eigenvalue weighted by atomic mass is 10.8. The van der Waals surface area contributed by atoms with Crippen molar-refractivity contribution in [2.24, 2.45) is 0 Å². The summed E-state index contributed by atoms with van der Waals surface area (Å²) in [5.41, 5.74) is 0. The molecule has 2 atom stereocenters. The molecular formula is CH26BP2. The zero-order chi connectivity index (χ0) is 16.0. The molecule has 0 amide bonds. The van der Waals surface area contributed by atoms with Crippen molar-refractivity contribution in [3.63, 3.8) is 0 Å². The van der Waals surface area contributed by atoms with Gasteiger partial charge in [-0.1, -0.05) is 7.43 Å². The minimum atomic E-state index is 0. The first-order valence-corrected chi connectivity index (χ1v) is 0. The van der Waals surface area contributed by atoms with E-state index in [9.17, 15) is 0 Å². The Morgan fingerprint density at radius 3 is 2.00 bits per heavy atom. The summed E-state index contributed by atoms with van der Waals surface area (Å²) in [6, 6.07) is 0. The molecule has 0 aromatic rings. The molecule has 0 aliphatic carbocycles. The smallest absolute Gasteiger partial charge is 0.0511 e. The minimum absolute atomic E-state index is 0. The second kappa shape index (κ2) is 39.3. The normalized spacial score (nSPS) is 15.8. The lowest BCUT2D eigenvalue weighted by Crippen LogP contribution is -0.381. The summed E-state index contributed by atoms with van der Waals surface area (Å²) in [4.78, 5) is 0. The van der Waals surface area contributed by atoms with Gasteiger partial charge in [-0.15, -0.1) is 0 Å². The zero-order valence-electron chi connectivity index (χ0n) is 16.9. The van der Waals surface area contributed by atoms with Crippen molar-refractivity contribution in [3.05, 3.63) is 0 Å². The van der Waals surface area contributed by atoms with Crippen LogP contribution in [-0.2, 0) is 0 Å². The van der Waals surface area contributed by atoms with E-state index in [2.05, 4.69) is 0 Å². The average molecular weight is 142 g/mol. The van der Waals surface area contributed by atoms with Gasteiger partial charge in [0.1, 0.15) is 0 Å². The van der Waals surface area contributed by atoms with E-state index in [1.165, 1.54) is 0 Å². The molecule has 43 valence electrons. The molecule has 0 saturated carbocycles.